The van der Waals surface area contributed by atoms with Crippen LogP contribution in [0.25, 0.3) is 11.3 Å². The predicted octanol–water partition coefficient (Wildman–Crippen LogP) is 3.71. The third-order valence-corrected chi connectivity index (χ3v) is 3.83. The monoisotopic (exact) mass is 297 g/mol. The third kappa shape index (κ3) is 3.72. The van der Waals surface area contributed by atoms with Gasteiger partial charge in [-0.15, -0.1) is 0 Å². The van der Waals surface area contributed by atoms with Gasteiger partial charge in [0.2, 0.25) is 5.95 Å². The smallest absolute Gasteiger partial charge is 0.225 e. The van der Waals surface area contributed by atoms with Crippen LogP contribution >= 0.6 is 0 Å². The van der Waals surface area contributed by atoms with E-state index in [1.165, 1.54) is 25.7 Å². The fraction of sp³-hybridized carbons (Fsp3) is 0.471. The lowest BCUT2D eigenvalue weighted by molar-refractivity contribution is 0.744. The molecular weight excluding hydrogens is 274 g/mol. The van der Waals surface area contributed by atoms with Gasteiger partial charge in [-0.3, -0.25) is 4.98 Å². The summed E-state index contributed by atoms with van der Waals surface area (Å²) in [7, 11) is 0. The zero-order chi connectivity index (χ0) is 15.4. The van der Waals surface area contributed by atoms with E-state index in [0.29, 0.717) is 18.0 Å². The van der Waals surface area contributed by atoms with Crippen LogP contribution in [0.15, 0.2) is 30.6 Å². The van der Waals surface area contributed by atoms with E-state index in [1.807, 2.05) is 18.2 Å². The Balaban J connectivity index is 1.90. The van der Waals surface area contributed by atoms with E-state index < -0.39 is 0 Å². The molecule has 0 atom stereocenters. The molecule has 22 heavy (non-hydrogen) atoms. The normalized spacial score (nSPS) is 15.2. The fourth-order valence-electron chi connectivity index (χ4n) is 2.80. The molecule has 0 saturated heterocycles. The minimum atomic E-state index is 0.333. The molecule has 2 N–H and O–H groups in total. The highest BCUT2D eigenvalue weighted by molar-refractivity contribution is 5.64. The van der Waals surface area contributed by atoms with Crippen LogP contribution in [-0.4, -0.2) is 27.0 Å². The molecule has 2 aromatic heterocycles. The highest BCUT2D eigenvalue weighted by Crippen LogP contribution is 2.24. The number of aromatic nitrogens is 3. The second kappa shape index (κ2) is 6.73. The lowest BCUT2D eigenvalue weighted by Crippen LogP contribution is -2.18. The van der Waals surface area contributed by atoms with Gasteiger partial charge >= 0.3 is 0 Å². The molecule has 3 rings (SSSR count). The Hall–Kier alpha value is -2.17. The van der Waals surface area contributed by atoms with E-state index in [2.05, 4.69) is 39.4 Å². The lowest BCUT2D eigenvalue weighted by atomic mass is 10.2. The fourth-order valence-corrected chi connectivity index (χ4v) is 2.80. The first-order valence-electron chi connectivity index (χ1n) is 8.03. The minimum absolute atomic E-state index is 0.333. The summed E-state index contributed by atoms with van der Waals surface area (Å²) in [5.74, 6) is 1.57. The summed E-state index contributed by atoms with van der Waals surface area (Å²) < 4.78 is 0. The summed E-state index contributed by atoms with van der Waals surface area (Å²) in [6.07, 6.45) is 8.57. The van der Waals surface area contributed by atoms with Crippen LogP contribution in [0, 0.1) is 0 Å². The standard InChI is InChI=1S/C17H23N5/c1-12(2)19-16-11-15(13-7-9-18-10-8-13)21-17(22-16)20-14-5-3-4-6-14/h7-12,14H,3-6H2,1-2H3,(H2,19,20,21,22). The summed E-state index contributed by atoms with van der Waals surface area (Å²) in [5, 5.41) is 6.86. The molecule has 116 valence electrons. The Labute approximate surface area is 131 Å². The van der Waals surface area contributed by atoms with Crippen molar-refractivity contribution in [1.82, 2.24) is 15.0 Å². The van der Waals surface area contributed by atoms with Gasteiger partial charge in [-0.05, 0) is 38.8 Å². The largest absolute Gasteiger partial charge is 0.368 e. The van der Waals surface area contributed by atoms with Gasteiger partial charge in [-0.2, -0.15) is 4.98 Å². The van der Waals surface area contributed by atoms with E-state index in [1.54, 1.807) is 12.4 Å². The molecule has 2 heterocycles. The number of hydrogen-bond donors (Lipinski definition) is 2. The molecule has 1 aliphatic carbocycles. The SMILES string of the molecule is CC(C)Nc1cc(-c2ccncc2)nc(NC2CCCC2)n1. The zero-order valence-corrected chi connectivity index (χ0v) is 13.2. The van der Waals surface area contributed by atoms with E-state index in [-0.39, 0.29) is 0 Å². The first-order chi connectivity index (χ1) is 10.7. The summed E-state index contributed by atoms with van der Waals surface area (Å²) in [4.78, 5) is 13.4. The first kappa shape index (κ1) is 14.8. The second-order valence-corrected chi connectivity index (χ2v) is 6.12. The maximum atomic E-state index is 4.68. The highest BCUT2D eigenvalue weighted by Gasteiger charge is 2.16. The molecule has 0 aromatic carbocycles. The Kier molecular flexibility index (Phi) is 4.51. The van der Waals surface area contributed by atoms with Gasteiger partial charge in [0.25, 0.3) is 0 Å². The molecule has 1 saturated carbocycles. The maximum absolute atomic E-state index is 4.68. The van der Waals surface area contributed by atoms with Gasteiger partial charge in [0.05, 0.1) is 5.69 Å². The summed E-state index contributed by atoms with van der Waals surface area (Å²) >= 11 is 0. The van der Waals surface area contributed by atoms with Gasteiger partial charge in [0.1, 0.15) is 5.82 Å². The number of rotatable bonds is 5. The molecule has 0 aliphatic heterocycles. The average molecular weight is 297 g/mol. The average Bonchev–Trinajstić information content (AvgIpc) is 3.00. The second-order valence-electron chi connectivity index (χ2n) is 6.12. The zero-order valence-electron chi connectivity index (χ0n) is 13.2. The van der Waals surface area contributed by atoms with Crippen molar-refractivity contribution in [2.45, 2.75) is 51.6 Å². The molecule has 5 heteroatoms. The number of hydrogen-bond acceptors (Lipinski definition) is 5. The van der Waals surface area contributed by atoms with Crippen LogP contribution in [0.2, 0.25) is 0 Å². The number of nitrogens with zero attached hydrogens (tertiary/aromatic N) is 3. The lowest BCUT2D eigenvalue weighted by Gasteiger charge is -2.16. The number of anilines is 2. The van der Waals surface area contributed by atoms with Crippen LogP contribution in [0.3, 0.4) is 0 Å². The molecule has 0 radical (unpaired) electrons. The molecule has 0 bridgehead atoms. The molecule has 1 aliphatic rings. The molecule has 0 unspecified atom stereocenters. The van der Waals surface area contributed by atoms with Crippen molar-refractivity contribution in [3.05, 3.63) is 30.6 Å². The maximum Gasteiger partial charge on any atom is 0.225 e. The van der Waals surface area contributed by atoms with E-state index in [4.69, 9.17) is 0 Å². The Morgan fingerprint density at radius 2 is 1.82 bits per heavy atom. The van der Waals surface area contributed by atoms with E-state index in [9.17, 15) is 0 Å². The molecule has 2 aromatic rings. The molecule has 0 spiro atoms. The molecule has 0 amide bonds. The van der Waals surface area contributed by atoms with Gasteiger partial charge in [-0.1, -0.05) is 12.8 Å². The minimum Gasteiger partial charge on any atom is -0.368 e. The first-order valence-corrected chi connectivity index (χ1v) is 8.03. The molecular formula is C17H23N5. The summed E-state index contributed by atoms with van der Waals surface area (Å²) in [6, 6.07) is 6.77. The van der Waals surface area contributed by atoms with Crippen molar-refractivity contribution < 1.29 is 0 Å². The van der Waals surface area contributed by atoms with Crippen LogP contribution in [0.5, 0.6) is 0 Å². The van der Waals surface area contributed by atoms with Crippen molar-refractivity contribution in [2.24, 2.45) is 0 Å². The van der Waals surface area contributed by atoms with Gasteiger partial charge < -0.3 is 10.6 Å². The predicted molar refractivity (Wildman–Crippen MR) is 89.9 cm³/mol. The number of nitrogens with one attached hydrogen (secondary N) is 2. The van der Waals surface area contributed by atoms with Crippen molar-refractivity contribution in [3.63, 3.8) is 0 Å². The van der Waals surface area contributed by atoms with Crippen molar-refractivity contribution in [3.8, 4) is 11.3 Å². The molecule has 5 nitrogen and oxygen atoms in total. The third-order valence-electron chi connectivity index (χ3n) is 3.83. The topological polar surface area (TPSA) is 62.7 Å². The highest BCUT2D eigenvalue weighted by atomic mass is 15.2. The van der Waals surface area contributed by atoms with E-state index >= 15 is 0 Å². The van der Waals surface area contributed by atoms with Crippen LogP contribution in [0.1, 0.15) is 39.5 Å². The van der Waals surface area contributed by atoms with Gasteiger partial charge in [-0.25, -0.2) is 4.98 Å². The summed E-state index contributed by atoms with van der Waals surface area (Å²) in [6.45, 7) is 4.22. The van der Waals surface area contributed by atoms with Crippen molar-refractivity contribution in [1.29, 1.82) is 0 Å². The Bertz CT molecular complexity index is 606. The number of pyridine rings is 1. The summed E-state index contributed by atoms with van der Waals surface area (Å²) in [5.41, 5.74) is 1.97. The quantitative estimate of drug-likeness (QED) is 0.880. The Morgan fingerprint density at radius 1 is 1.09 bits per heavy atom. The van der Waals surface area contributed by atoms with Gasteiger partial charge in [0.15, 0.2) is 0 Å². The van der Waals surface area contributed by atoms with Crippen LogP contribution in [0.4, 0.5) is 11.8 Å². The van der Waals surface area contributed by atoms with Crippen molar-refractivity contribution >= 4 is 11.8 Å². The molecule has 1 fully saturated rings. The van der Waals surface area contributed by atoms with Crippen molar-refractivity contribution in [2.75, 3.05) is 10.6 Å². The van der Waals surface area contributed by atoms with Crippen LogP contribution in [-0.2, 0) is 0 Å². The van der Waals surface area contributed by atoms with Crippen LogP contribution < -0.4 is 10.6 Å². The van der Waals surface area contributed by atoms with E-state index in [0.717, 1.165) is 17.1 Å². The van der Waals surface area contributed by atoms with Gasteiger partial charge in [0, 0.05) is 36.1 Å². The Morgan fingerprint density at radius 3 is 2.50 bits per heavy atom.